The summed E-state index contributed by atoms with van der Waals surface area (Å²) in [4.78, 5) is 29.5. The lowest BCUT2D eigenvalue weighted by molar-refractivity contribution is -0.111. The van der Waals surface area contributed by atoms with Gasteiger partial charge in [-0.2, -0.15) is 0 Å². The second kappa shape index (κ2) is 6.48. The van der Waals surface area contributed by atoms with Crippen molar-refractivity contribution in [3.63, 3.8) is 0 Å². The fourth-order valence-corrected chi connectivity index (χ4v) is 1.12. The van der Waals surface area contributed by atoms with E-state index in [0.717, 1.165) is 11.8 Å². The van der Waals surface area contributed by atoms with Crippen molar-refractivity contribution in [3.05, 3.63) is 35.4 Å². The predicted molar refractivity (Wildman–Crippen MR) is 68.1 cm³/mol. The summed E-state index contributed by atoms with van der Waals surface area (Å²) in [5.41, 5.74) is 1.91. The Hall–Kier alpha value is -2.10. The molecule has 0 aliphatic rings. The summed E-state index contributed by atoms with van der Waals surface area (Å²) in [5.74, 6) is -0.0526. The smallest absolute Gasteiger partial charge is 0.173 e. The molecule has 4 nitrogen and oxygen atoms in total. The number of hydrogen-bond acceptors (Lipinski definition) is 4. The normalized spacial score (nSPS) is 11.8. The van der Waals surface area contributed by atoms with E-state index in [1.54, 1.807) is 31.3 Å². The minimum Gasteiger partial charge on any atom is -0.298 e. The molecule has 0 saturated heterocycles. The number of Topliss-reactive ketones (excluding diaryl/α,β-unsaturated/α-hetero) is 1. The third-order valence-electron chi connectivity index (χ3n) is 2.19. The Morgan fingerprint density at radius 3 is 2.65 bits per heavy atom. The van der Waals surface area contributed by atoms with Crippen molar-refractivity contribution >= 4 is 24.0 Å². The third-order valence-corrected chi connectivity index (χ3v) is 2.19. The Labute approximate surface area is 100 Å². The van der Waals surface area contributed by atoms with E-state index in [-0.39, 0.29) is 12.5 Å². The van der Waals surface area contributed by atoms with Crippen LogP contribution in [0.5, 0.6) is 0 Å². The molecule has 17 heavy (non-hydrogen) atoms. The number of benzene rings is 1. The van der Waals surface area contributed by atoms with Crippen molar-refractivity contribution < 1.29 is 9.59 Å². The summed E-state index contributed by atoms with van der Waals surface area (Å²) < 4.78 is 0. The molecule has 0 fully saturated rings. The molecule has 0 heterocycles. The maximum atomic E-state index is 10.9. The van der Waals surface area contributed by atoms with Gasteiger partial charge in [0, 0.05) is 18.7 Å². The highest BCUT2D eigenvalue weighted by atomic mass is 16.1. The largest absolute Gasteiger partial charge is 0.298 e. The van der Waals surface area contributed by atoms with Crippen molar-refractivity contribution in [3.8, 4) is 0 Å². The lowest BCUT2D eigenvalue weighted by Gasteiger charge is -1.94. The SMILES string of the molecule is CC(=O)C(C)=NCN=Cc1cccc(C=O)c1. The molecular weight excluding hydrogens is 216 g/mol. The molecular formula is C13H14N2O2. The predicted octanol–water partition coefficient (Wildman–Crippen LogP) is 1.93. The number of rotatable bonds is 5. The van der Waals surface area contributed by atoms with Crippen molar-refractivity contribution in [2.45, 2.75) is 13.8 Å². The fraction of sp³-hybridized carbons (Fsp3) is 0.231. The van der Waals surface area contributed by atoms with E-state index in [0.29, 0.717) is 11.3 Å². The highest BCUT2D eigenvalue weighted by Gasteiger charge is 1.95. The molecule has 0 amide bonds. The summed E-state index contributed by atoms with van der Waals surface area (Å²) in [7, 11) is 0. The van der Waals surface area contributed by atoms with Crippen LogP contribution in [-0.4, -0.2) is 30.7 Å². The number of nitrogens with zero attached hydrogens (tertiary/aromatic N) is 2. The Balaban J connectivity index is 2.62. The number of carbonyl (C=O) groups excluding carboxylic acids is 2. The summed E-state index contributed by atoms with van der Waals surface area (Å²) in [6.45, 7) is 3.34. The van der Waals surface area contributed by atoms with E-state index in [9.17, 15) is 9.59 Å². The molecule has 0 aliphatic carbocycles. The highest BCUT2D eigenvalue weighted by molar-refractivity contribution is 6.37. The lowest BCUT2D eigenvalue weighted by Crippen LogP contribution is -2.04. The van der Waals surface area contributed by atoms with Crippen LogP contribution in [0.4, 0.5) is 0 Å². The molecule has 0 N–H and O–H groups in total. The van der Waals surface area contributed by atoms with Crippen LogP contribution >= 0.6 is 0 Å². The molecule has 1 aromatic rings. The van der Waals surface area contributed by atoms with Gasteiger partial charge in [-0.1, -0.05) is 18.2 Å². The molecule has 0 spiro atoms. The fourth-order valence-electron chi connectivity index (χ4n) is 1.12. The first-order valence-corrected chi connectivity index (χ1v) is 5.20. The van der Waals surface area contributed by atoms with Crippen LogP contribution in [0.25, 0.3) is 0 Å². The van der Waals surface area contributed by atoms with Gasteiger partial charge in [-0.05, 0) is 18.6 Å². The summed E-state index contributed by atoms with van der Waals surface area (Å²) in [5, 5.41) is 0. The van der Waals surface area contributed by atoms with E-state index in [2.05, 4.69) is 9.98 Å². The average molecular weight is 230 g/mol. The van der Waals surface area contributed by atoms with Crippen LogP contribution in [0.2, 0.25) is 0 Å². The van der Waals surface area contributed by atoms with Gasteiger partial charge in [0.05, 0.1) is 5.71 Å². The number of hydrogen-bond donors (Lipinski definition) is 0. The zero-order valence-electron chi connectivity index (χ0n) is 9.88. The topological polar surface area (TPSA) is 58.9 Å². The average Bonchev–Trinajstić information content (AvgIpc) is 2.34. The molecule has 88 valence electrons. The van der Waals surface area contributed by atoms with Gasteiger partial charge in [0.2, 0.25) is 0 Å². The Kier molecular flexibility index (Phi) is 4.94. The zero-order valence-corrected chi connectivity index (χ0v) is 9.88. The monoisotopic (exact) mass is 230 g/mol. The van der Waals surface area contributed by atoms with Crippen molar-refractivity contribution in [1.82, 2.24) is 0 Å². The number of aldehydes is 1. The molecule has 4 heteroatoms. The van der Waals surface area contributed by atoms with Crippen LogP contribution < -0.4 is 0 Å². The number of ketones is 1. The maximum absolute atomic E-state index is 10.9. The van der Waals surface area contributed by atoms with Gasteiger partial charge in [-0.15, -0.1) is 0 Å². The van der Waals surface area contributed by atoms with Crippen LogP contribution in [-0.2, 0) is 4.79 Å². The first kappa shape index (κ1) is 13.0. The number of carbonyl (C=O) groups is 2. The molecule has 0 aliphatic heterocycles. The minimum absolute atomic E-state index is 0.0526. The molecule has 1 aromatic carbocycles. The van der Waals surface area contributed by atoms with Crippen LogP contribution in [0.1, 0.15) is 29.8 Å². The Morgan fingerprint density at radius 2 is 2.00 bits per heavy atom. The summed E-state index contributed by atoms with van der Waals surface area (Å²) >= 11 is 0. The second-order valence-electron chi connectivity index (χ2n) is 3.54. The molecule has 0 saturated carbocycles. The first-order valence-electron chi connectivity index (χ1n) is 5.20. The number of aliphatic imine (C=N–C) groups is 2. The molecule has 0 unspecified atom stereocenters. The third kappa shape index (κ3) is 4.51. The van der Waals surface area contributed by atoms with Crippen LogP contribution in [0.15, 0.2) is 34.3 Å². The standard InChI is InChI=1S/C13H14N2O2/c1-10(11(2)17)15-9-14-7-12-4-3-5-13(6-12)8-16/h3-8H,9H2,1-2H3. The van der Waals surface area contributed by atoms with Gasteiger partial charge in [0.1, 0.15) is 13.0 Å². The Morgan fingerprint density at radius 1 is 1.29 bits per heavy atom. The summed E-state index contributed by atoms with van der Waals surface area (Å²) in [6.07, 6.45) is 2.42. The van der Waals surface area contributed by atoms with E-state index in [1.165, 1.54) is 6.92 Å². The Bertz CT molecular complexity index is 476. The highest BCUT2D eigenvalue weighted by Crippen LogP contribution is 2.00. The van der Waals surface area contributed by atoms with E-state index in [1.807, 2.05) is 6.07 Å². The van der Waals surface area contributed by atoms with E-state index in [4.69, 9.17) is 0 Å². The van der Waals surface area contributed by atoms with Gasteiger partial charge < -0.3 is 0 Å². The molecule has 0 bridgehead atoms. The van der Waals surface area contributed by atoms with E-state index < -0.39 is 0 Å². The lowest BCUT2D eigenvalue weighted by atomic mass is 10.1. The quantitative estimate of drug-likeness (QED) is 0.573. The van der Waals surface area contributed by atoms with Gasteiger partial charge in [-0.25, -0.2) is 0 Å². The zero-order chi connectivity index (χ0) is 12.7. The minimum atomic E-state index is -0.0526. The molecule has 0 atom stereocenters. The second-order valence-corrected chi connectivity index (χ2v) is 3.54. The first-order chi connectivity index (χ1) is 8.13. The van der Waals surface area contributed by atoms with Crippen LogP contribution in [0.3, 0.4) is 0 Å². The van der Waals surface area contributed by atoms with Gasteiger partial charge in [0.15, 0.2) is 5.78 Å². The van der Waals surface area contributed by atoms with E-state index >= 15 is 0 Å². The van der Waals surface area contributed by atoms with Gasteiger partial charge in [-0.3, -0.25) is 19.6 Å². The summed E-state index contributed by atoms with van der Waals surface area (Å²) in [6, 6.07) is 7.09. The van der Waals surface area contributed by atoms with Gasteiger partial charge in [0.25, 0.3) is 0 Å². The van der Waals surface area contributed by atoms with Crippen molar-refractivity contribution in [1.29, 1.82) is 0 Å². The van der Waals surface area contributed by atoms with Crippen molar-refractivity contribution in [2.24, 2.45) is 9.98 Å². The molecule has 0 aromatic heterocycles. The molecule has 0 radical (unpaired) electrons. The molecule has 1 rings (SSSR count). The van der Waals surface area contributed by atoms with Crippen molar-refractivity contribution in [2.75, 3.05) is 6.67 Å². The maximum Gasteiger partial charge on any atom is 0.173 e. The van der Waals surface area contributed by atoms with Crippen LogP contribution in [0, 0.1) is 0 Å². The van der Waals surface area contributed by atoms with Gasteiger partial charge >= 0.3 is 0 Å².